The fourth-order valence-electron chi connectivity index (χ4n) is 3.28. The first kappa shape index (κ1) is 19.1. The zero-order chi connectivity index (χ0) is 15.3. The predicted molar refractivity (Wildman–Crippen MR) is 89.6 cm³/mol. The van der Waals surface area contributed by atoms with Crippen molar-refractivity contribution in [2.75, 3.05) is 0 Å². The van der Waals surface area contributed by atoms with Crippen molar-refractivity contribution in [3.8, 4) is 0 Å². The van der Waals surface area contributed by atoms with Crippen LogP contribution in [0.15, 0.2) is 0 Å². The lowest BCUT2D eigenvalue weighted by atomic mass is 9.64. The highest BCUT2D eigenvalue weighted by Crippen LogP contribution is 2.38. The van der Waals surface area contributed by atoms with Crippen LogP contribution in [0.1, 0.15) is 68.7 Å². The highest BCUT2D eigenvalue weighted by molar-refractivity contribution is 6.11. The van der Waals surface area contributed by atoms with E-state index >= 15 is 0 Å². The molecule has 0 aliphatic rings. The van der Waals surface area contributed by atoms with Crippen LogP contribution in [-0.4, -0.2) is 7.85 Å². The van der Waals surface area contributed by atoms with Gasteiger partial charge in [-0.15, -0.1) is 0 Å². The third-order valence-electron chi connectivity index (χ3n) is 6.52. The maximum Gasteiger partial charge on any atom is 0.0699 e. The molecule has 0 bridgehead atoms. The van der Waals surface area contributed by atoms with E-state index in [-0.39, 0.29) is 0 Å². The summed E-state index contributed by atoms with van der Waals surface area (Å²) in [5, 5.41) is 0. The van der Waals surface area contributed by atoms with E-state index in [1.807, 2.05) is 0 Å². The summed E-state index contributed by atoms with van der Waals surface area (Å²) in [5.74, 6) is 5.51. The second-order valence-electron chi connectivity index (χ2n) is 7.40. The van der Waals surface area contributed by atoms with Gasteiger partial charge in [0.25, 0.3) is 0 Å². The second-order valence-corrected chi connectivity index (χ2v) is 7.40. The summed E-state index contributed by atoms with van der Waals surface area (Å²) < 4.78 is 0. The van der Waals surface area contributed by atoms with Gasteiger partial charge in [0.05, 0.1) is 7.85 Å². The Balaban J connectivity index is 4.67. The van der Waals surface area contributed by atoms with Crippen molar-refractivity contribution in [1.29, 1.82) is 0 Å². The topological polar surface area (TPSA) is 0 Å². The summed E-state index contributed by atoms with van der Waals surface area (Å²) >= 11 is 0. The van der Waals surface area contributed by atoms with Gasteiger partial charge < -0.3 is 0 Å². The van der Waals surface area contributed by atoms with Crippen LogP contribution in [0.3, 0.4) is 0 Å². The molecule has 0 aromatic rings. The van der Waals surface area contributed by atoms with Crippen LogP contribution in [0.25, 0.3) is 0 Å². The highest BCUT2D eigenvalue weighted by Gasteiger charge is 2.31. The lowest BCUT2D eigenvalue weighted by Gasteiger charge is -2.38. The molecule has 1 heteroatoms. The van der Waals surface area contributed by atoms with Crippen LogP contribution in [-0.2, 0) is 0 Å². The van der Waals surface area contributed by atoms with E-state index in [2.05, 4.69) is 62.3 Å². The summed E-state index contributed by atoms with van der Waals surface area (Å²) in [7, 11) is 6.08. The molecule has 0 heterocycles. The minimum atomic E-state index is 0.298. The first-order valence-electron chi connectivity index (χ1n) is 8.40. The molecule has 0 saturated carbocycles. The van der Waals surface area contributed by atoms with Crippen molar-refractivity contribution in [3.05, 3.63) is 0 Å². The summed E-state index contributed by atoms with van der Waals surface area (Å²) in [5.41, 5.74) is 0. The first-order valence-corrected chi connectivity index (χ1v) is 8.40. The van der Waals surface area contributed by atoms with Gasteiger partial charge in [0, 0.05) is 0 Å². The minimum Gasteiger partial charge on any atom is -0.0774 e. The lowest BCUT2D eigenvalue weighted by Crippen LogP contribution is -2.31. The Kier molecular flexibility index (Phi) is 8.40. The fraction of sp³-hybridized carbons (Fsp3) is 1.00. The Morgan fingerprint density at radius 1 is 0.579 bits per heavy atom. The molecular weight excluding hydrogens is 227 g/mol. The van der Waals surface area contributed by atoms with E-state index in [4.69, 9.17) is 7.85 Å². The highest BCUT2D eigenvalue weighted by atomic mass is 14.4. The molecule has 0 amide bonds. The molecule has 2 radical (unpaired) electrons. The van der Waals surface area contributed by atoms with E-state index < -0.39 is 0 Å². The molecule has 0 saturated heterocycles. The molecule has 0 spiro atoms. The van der Waals surface area contributed by atoms with Crippen LogP contribution in [0, 0.1) is 41.4 Å². The summed E-state index contributed by atoms with van der Waals surface area (Å²) in [6, 6.07) is 0. The average molecular weight is 264 g/mol. The quantitative estimate of drug-likeness (QED) is 0.484. The normalized spacial score (nSPS) is 24.9. The molecule has 0 aliphatic carbocycles. The first-order chi connectivity index (χ1) is 8.64. The Morgan fingerprint density at radius 2 is 0.895 bits per heavy atom. The largest absolute Gasteiger partial charge is 0.0774 e. The zero-order valence-corrected chi connectivity index (χ0v) is 14.9. The molecule has 8 unspecified atom stereocenters. The van der Waals surface area contributed by atoms with Gasteiger partial charge in [0.2, 0.25) is 0 Å². The van der Waals surface area contributed by atoms with Crippen molar-refractivity contribution in [3.63, 3.8) is 0 Å². The van der Waals surface area contributed by atoms with Gasteiger partial charge in [-0.25, -0.2) is 0 Å². The number of hydrogen-bond donors (Lipinski definition) is 0. The zero-order valence-electron chi connectivity index (χ0n) is 14.9. The monoisotopic (exact) mass is 264 g/mol. The Labute approximate surface area is 124 Å². The second kappa shape index (κ2) is 8.37. The van der Waals surface area contributed by atoms with Gasteiger partial charge >= 0.3 is 0 Å². The van der Waals surface area contributed by atoms with Gasteiger partial charge in [0.1, 0.15) is 0 Å². The molecule has 0 aliphatic heterocycles. The van der Waals surface area contributed by atoms with E-state index in [1.165, 1.54) is 6.42 Å². The molecule has 112 valence electrons. The maximum absolute atomic E-state index is 6.08. The van der Waals surface area contributed by atoms with Crippen molar-refractivity contribution in [1.82, 2.24) is 0 Å². The lowest BCUT2D eigenvalue weighted by molar-refractivity contribution is 0.116. The minimum absolute atomic E-state index is 0.298. The van der Waals surface area contributed by atoms with E-state index in [9.17, 15) is 0 Å². The van der Waals surface area contributed by atoms with Gasteiger partial charge in [-0.2, -0.15) is 0 Å². The van der Waals surface area contributed by atoms with Crippen molar-refractivity contribution >= 4 is 7.85 Å². The number of hydrogen-bond acceptors (Lipinski definition) is 0. The summed E-state index contributed by atoms with van der Waals surface area (Å²) in [4.78, 5) is 0. The van der Waals surface area contributed by atoms with Crippen molar-refractivity contribution in [2.24, 2.45) is 41.4 Å². The van der Waals surface area contributed by atoms with E-state index in [0.717, 1.165) is 29.6 Å². The van der Waals surface area contributed by atoms with Crippen molar-refractivity contribution in [2.45, 2.75) is 74.6 Å². The Bertz CT molecular complexity index is 236. The van der Waals surface area contributed by atoms with Gasteiger partial charge in [0.15, 0.2) is 0 Å². The molecule has 0 aromatic heterocycles. The Hall–Kier alpha value is 0.0649. The number of rotatable bonds is 8. The van der Waals surface area contributed by atoms with E-state index in [1.54, 1.807) is 0 Å². The molecule has 0 rings (SSSR count). The summed E-state index contributed by atoms with van der Waals surface area (Å²) in [6.07, 6.45) is 1.29. The van der Waals surface area contributed by atoms with Gasteiger partial charge in [-0.05, 0) is 41.4 Å². The maximum atomic E-state index is 6.08. The molecule has 0 nitrogen and oxygen atoms in total. The molecule has 0 N–H and O–H groups in total. The standard InChI is InChI=1S/C18H37B/c1-10-11(2)12(3)13(4)14(5)15(6)16(7)17(8)18(9)19/h11-18H,10H2,1-9H3. The van der Waals surface area contributed by atoms with E-state index in [0.29, 0.717) is 17.7 Å². The SMILES string of the molecule is [B]C(C)C(C)C(C)C(C)C(C)C(C)C(C)C(C)CC. The van der Waals surface area contributed by atoms with Crippen LogP contribution >= 0.6 is 0 Å². The molecule has 0 aromatic carbocycles. The van der Waals surface area contributed by atoms with Crippen molar-refractivity contribution < 1.29 is 0 Å². The molecule has 8 atom stereocenters. The average Bonchev–Trinajstić information content (AvgIpc) is 2.40. The third-order valence-corrected chi connectivity index (χ3v) is 6.52. The van der Waals surface area contributed by atoms with Gasteiger partial charge in [-0.1, -0.05) is 74.6 Å². The Morgan fingerprint density at radius 3 is 1.21 bits per heavy atom. The fourth-order valence-corrected chi connectivity index (χ4v) is 3.28. The van der Waals surface area contributed by atoms with Crippen LogP contribution in [0.5, 0.6) is 0 Å². The van der Waals surface area contributed by atoms with Crippen LogP contribution in [0.4, 0.5) is 0 Å². The molecule has 0 fully saturated rings. The van der Waals surface area contributed by atoms with Gasteiger partial charge in [-0.3, -0.25) is 0 Å². The molecular formula is C18H37B. The van der Waals surface area contributed by atoms with Crippen LogP contribution < -0.4 is 0 Å². The third kappa shape index (κ3) is 5.16. The molecule has 19 heavy (non-hydrogen) atoms. The smallest absolute Gasteiger partial charge is 0.0699 e. The van der Waals surface area contributed by atoms with Crippen LogP contribution in [0.2, 0.25) is 5.82 Å². The predicted octanol–water partition coefficient (Wildman–Crippen LogP) is 5.83. The summed E-state index contributed by atoms with van der Waals surface area (Å²) in [6.45, 7) is 21.3.